The second-order valence-electron chi connectivity index (χ2n) is 10.2. The van der Waals surface area contributed by atoms with Gasteiger partial charge in [0, 0.05) is 45.5 Å². The van der Waals surface area contributed by atoms with Crippen molar-refractivity contribution in [2.24, 2.45) is 11.8 Å². The lowest BCUT2D eigenvalue weighted by Crippen LogP contribution is -2.54. The topological polar surface area (TPSA) is 104 Å². The van der Waals surface area contributed by atoms with Crippen molar-refractivity contribution in [2.45, 2.75) is 36.9 Å². The third kappa shape index (κ3) is 3.02. The van der Waals surface area contributed by atoms with Crippen molar-refractivity contribution in [2.75, 3.05) is 18.5 Å². The molecule has 0 radical (unpaired) electrons. The van der Waals surface area contributed by atoms with Crippen LogP contribution in [0.1, 0.15) is 24.0 Å². The summed E-state index contributed by atoms with van der Waals surface area (Å²) in [7, 11) is 0. The van der Waals surface area contributed by atoms with Gasteiger partial charge >= 0.3 is 0 Å². The molecule has 5 atom stereocenters. The molecule has 3 saturated heterocycles. The molecule has 0 unspecified atom stereocenters. The predicted molar refractivity (Wildman–Crippen MR) is 136 cm³/mol. The van der Waals surface area contributed by atoms with E-state index in [9.17, 15) is 14.4 Å². The molecule has 4 aliphatic rings. The molecule has 3 N–H and O–H groups in total. The number of para-hydroxylation sites is 1. The monoisotopic (exact) mass is 548 g/mol. The summed E-state index contributed by atoms with van der Waals surface area (Å²) in [4.78, 5) is 46.2. The number of fused-ring (bicyclic) bond motifs is 5. The van der Waals surface area contributed by atoms with Crippen LogP contribution < -0.4 is 10.6 Å². The van der Waals surface area contributed by atoms with E-state index >= 15 is 0 Å². The molecule has 3 fully saturated rings. The maximum absolute atomic E-state index is 14.0. The van der Waals surface area contributed by atoms with E-state index in [1.54, 1.807) is 0 Å². The van der Waals surface area contributed by atoms with Crippen LogP contribution in [-0.2, 0) is 31.1 Å². The van der Waals surface area contributed by atoms with Gasteiger partial charge in [-0.3, -0.25) is 24.6 Å². The van der Waals surface area contributed by atoms with Gasteiger partial charge in [0.15, 0.2) is 0 Å². The minimum absolute atomic E-state index is 0.147. The van der Waals surface area contributed by atoms with Crippen LogP contribution in [0.2, 0.25) is 0 Å². The number of carbonyl (C=O) groups excluding carboxylic acids is 3. The molecule has 0 saturated carbocycles. The second kappa shape index (κ2) is 7.99. The first kappa shape index (κ1) is 22.2. The van der Waals surface area contributed by atoms with Gasteiger partial charge in [-0.25, -0.2) is 0 Å². The summed E-state index contributed by atoms with van der Waals surface area (Å²) in [6.45, 7) is 0.889. The molecule has 4 aliphatic heterocycles. The zero-order valence-corrected chi connectivity index (χ0v) is 21.0. The van der Waals surface area contributed by atoms with E-state index in [4.69, 9.17) is 4.74 Å². The van der Waals surface area contributed by atoms with E-state index in [0.717, 1.165) is 33.8 Å². The van der Waals surface area contributed by atoms with Gasteiger partial charge in [0.2, 0.25) is 17.7 Å². The molecule has 7 rings (SSSR count). The largest absolute Gasteiger partial charge is 0.376 e. The summed E-state index contributed by atoms with van der Waals surface area (Å²) in [6.07, 6.45) is 4.07. The Bertz CT molecular complexity index is 1430. The first-order valence-corrected chi connectivity index (χ1v) is 13.2. The molecular formula is C27H25BrN4O4. The minimum Gasteiger partial charge on any atom is -0.376 e. The highest BCUT2D eigenvalue weighted by Gasteiger charge is 2.70. The Morgan fingerprint density at radius 2 is 1.97 bits per heavy atom. The Hall–Kier alpha value is -3.01. The number of likely N-dealkylation sites (tertiary alicyclic amines) is 1. The molecule has 1 aromatic heterocycles. The third-order valence-corrected chi connectivity index (χ3v) is 8.79. The fraction of sp³-hybridized carbons (Fsp3) is 0.370. The smallest absolute Gasteiger partial charge is 0.250 e. The van der Waals surface area contributed by atoms with Gasteiger partial charge < -0.3 is 15.0 Å². The zero-order valence-electron chi connectivity index (χ0n) is 19.4. The molecule has 9 heteroatoms. The molecule has 3 aromatic rings. The molecular weight excluding hydrogens is 524 g/mol. The zero-order chi connectivity index (χ0) is 24.6. The van der Waals surface area contributed by atoms with Gasteiger partial charge in [0.1, 0.15) is 5.54 Å². The molecule has 0 bridgehead atoms. The molecule has 1 spiro atoms. The first-order chi connectivity index (χ1) is 17.5. The lowest BCUT2D eigenvalue weighted by molar-refractivity contribution is -0.144. The van der Waals surface area contributed by atoms with E-state index in [2.05, 4.69) is 31.5 Å². The Morgan fingerprint density at radius 3 is 2.81 bits per heavy atom. The number of anilines is 1. The number of benzene rings is 2. The van der Waals surface area contributed by atoms with Crippen LogP contribution in [0, 0.1) is 11.8 Å². The van der Waals surface area contributed by atoms with Crippen molar-refractivity contribution in [3.63, 3.8) is 0 Å². The van der Waals surface area contributed by atoms with E-state index < -0.39 is 23.4 Å². The number of nitrogens with zero attached hydrogens (tertiary/aromatic N) is 1. The number of rotatable bonds is 4. The Balaban J connectivity index is 1.33. The van der Waals surface area contributed by atoms with Crippen LogP contribution in [0.3, 0.4) is 0 Å². The van der Waals surface area contributed by atoms with Crippen molar-refractivity contribution in [1.82, 2.24) is 15.2 Å². The van der Waals surface area contributed by atoms with Crippen LogP contribution in [0.15, 0.2) is 53.1 Å². The van der Waals surface area contributed by atoms with Crippen molar-refractivity contribution in [3.05, 3.63) is 64.3 Å². The van der Waals surface area contributed by atoms with Gasteiger partial charge in [-0.2, -0.15) is 0 Å². The van der Waals surface area contributed by atoms with E-state index in [1.165, 1.54) is 4.90 Å². The van der Waals surface area contributed by atoms with Crippen molar-refractivity contribution in [3.8, 4) is 0 Å². The number of imide groups is 1. The number of aromatic nitrogens is 1. The Kier molecular flexibility index (Phi) is 4.93. The number of aromatic amines is 1. The fourth-order valence-electron chi connectivity index (χ4n) is 6.72. The summed E-state index contributed by atoms with van der Waals surface area (Å²) < 4.78 is 6.56. The highest BCUT2D eigenvalue weighted by Crippen LogP contribution is 2.54. The van der Waals surface area contributed by atoms with Crippen LogP contribution in [-0.4, -0.2) is 52.9 Å². The number of amides is 3. The van der Waals surface area contributed by atoms with Crippen LogP contribution in [0.4, 0.5) is 5.69 Å². The summed E-state index contributed by atoms with van der Waals surface area (Å²) in [5, 5.41) is 7.57. The molecule has 8 nitrogen and oxygen atoms in total. The predicted octanol–water partition coefficient (Wildman–Crippen LogP) is 3.07. The third-order valence-electron chi connectivity index (χ3n) is 8.29. The van der Waals surface area contributed by atoms with Crippen LogP contribution in [0.5, 0.6) is 0 Å². The lowest BCUT2D eigenvalue weighted by Gasteiger charge is -2.30. The summed E-state index contributed by atoms with van der Waals surface area (Å²) in [5.74, 6) is -2.27. The number of nitrogens with one attached hydrogen (secondary N) is 3. The average Bonchev–Trinajstić information content (AvgIpc) is 3.67. The molecule has 3 amide bonds. The van der Waals surface area contributed by atoms with Gasteiger partial charge in [-0.15, -0.1) is 0 Å². The SMILES string of the molecule is O=C1[C@H]2[C@@H](Cc3c[nH]c4ccccc34)N[C@@]3(C(=O)Nc4ccc(Br)cc43)[C@H]2C(=O)N1C[C@@H]1CCCO1. The number of hydrogen-bond acceptors (Lipinski definition) is 5. The number of hydrogen-bond donors (Lipinski definition) is 3. The summed E-state index contributed by atoms with van der Waals surface area (Å²) in [5.41, 5.74) is 2.12. The Morgan fingerprint density at radius 1 is 1.11 bits per heavy atom. The highest BCUT2D eigenvalue weighted by molar-refractivity contribution is 9.10. The van der Waals surface area contributed by atoms with E-state index in [1.807, 2.05) is 48.7 Å². The lowest BCUT2D eigenvalue weighted by atomic mass is 9.76. The van der Waals surface area contributed by atoms with Crippen molar-refractivity contribution < 1.29 is 19.1 Å². The van der Waals surface area contributed by atoms with Gasteiger partial charge in [0.05, 0.1) is 24.5 Å². The maximum atomic E-state index is 14.0. The second-order valence-corrected chi connectivity index (χ2v) is 11.1. The fourth-order valence-corrected chi connectivity index (χ4v) is 7.08. The normalized spacial score (nSPS) is 31.0. The summed E-state index contributed by atoms with van der Waals surface area (Å²) in [6, 6.07) is 13.2. The molecule has 184 valence electrons. The van der Waals surface area contributed by atoms with Crippen molar-refractivity contribution in [1.29, 1.82) is 0 Å². The quantitative estimate of drug-likeness (QED) is 0.435. The number of halogens is 1. The number of carbonyl (C=O) groups is 3. The van der Waals surface area contributed by atoms with Crippen LogP contribution in [0.25, 0.3) is 10.9 Å². The number of H-pyrrole nitrogens is 1. The van der Waals surface area contributed by atoms with E-state index in [0.29, 0.717) is 24.3 Å². The van der Waals surface area contributed by atoms with Gasteiger partial charge in [-0.05, 0) is 49.1 Å². The average molecular weight is 549 g/mol. The van der Waals surface area contributed by atoms with Crippen molar-refractivity contribution >= 4 is 50.2 Å². The standard InChI is InChI=1S/C27H25BrN4O4/c28-15-7-8-20-18(11-15)27(26(35)30-20)23-22(24(33)32(25(23)34)13-16-4-3-9-36-16)21(31-27)10-14-12-29-19-6-2-1-5-17(14)19/h1-2,5-8,11-12,16,21-23,29,31H,3-4,9-10,13H2,(H,30,35)/t16-,21+,22-,23+,27+/m0/s1. The van der Waals surface area contributed by atoms with E-state index in [-0.39, 0.29) is 30.4 Å². The maximum Gasteiger partial charge on any atom is 0.250 e. The Labute approximate surface area is 215 Å². The van der Waals surface area contributed by atoms with Crippen LogP contribution >= 0.6 is 15.9 Å². The minimum atomic E-state index is -1.31. The molecule has 2 aromatic carbocycles. The summed E-state index contributed by atoms with van der Waals surface area (Å²) >= 11 is 3.53. The van der Waals surface area contributed by atoms with Gasteiger partial charge in [0.25, 0.3) is 0 Å². The highest BCUT2D eigenvalue weighted by atomic mass is 79.9. The first-order valence-electron chi connectivity index (χ1n) is 12.4. The molecule has 0 aliphatic carbocycles. The molecule has 36 heavy (non-hydrogen) atoms. The van der Waals surface area contributed by atoms with Gasteiger partial charge in [-0.1, -0.05) is 34.1 Å². The number of ether oxygens (including phenoxy) is 1. The molecule has 5 heterocycles.